The van der Waals surface area contributed by atoms with Gasteiger partial charge in [-0.1, -0.05) is 54.4 Å². The quantitative estimate of drug-likeness (QED) is 0.500. The first-order valence-corrected chi connectivity index (χ1v) is 12.1. The van der Waals surface area contributed by atoms with Gasteiger partial charge in [0.05, 0.1) is 25.1 Å². The fourth-order valence-electron chi connectivity index (χ4n) is 4.19. The standard InChI is InChI=1S/C26H31Cl2NO5/c1-5-20(15-30)29-23(16-9-11-18(27)12-10-16)24(17-7-6-8-19(28)13-17)33-21(25(29)32)14-22(31)34-26(2,3)4/h6-13,20-21,23-24,30H,5,14-15H2,1-4H3/t20-,21+,23+,24+/m0/s1. The van der Waals surface area contributed by atoms with Gasteiger partial charge in [-0.15, -0.1) is 0 Å². The van der Waals surface area contributed by atoms with Crippen LogP contribution >= 0.6 is 23.2 Å². The largest absolute Gasteiger partial charge is 0.460 e. The van der Waals surface area contributed by atoms with Gasteiger partial charge in [-0.3, -0.25) is 9.59 Å². The number of rotatable bonds is 7. The van der Waals surface area contributed by atoms with Crippen LogP contribution in [0.2, 0.25) is 10.0 Å². The molecule has 184 valence electrons. The Morgan fingerprint density at radius 1 is 1.12 bits per heavy atom. The van der Waals surface area contributed by atoms with Crippen molar-refractivity contribution in [2.45, 2.75) is 70.4 Å². The molecule has 2 aromatic rings. The van der Waals surface area contributed by atoms with Gasteiger partial charge >= 0.3 is 5.97 Å². The number of esters is 1. The Morgan fingerprint density at radius 3 is 2.35 bits per heavy atom. The van der Waals surface area contributed by atoms with Gasteiger partial charge in [0.1, 0.15) is 17.8 Å². The molecule has 1 saturated heterocycles. The molecule has 0 bridgehead atoms. The van der Waals surface area contributed by atoms with Gasteiger partial charge in [0.25, 0.3) is 5.91 Å². The van der Waals surface area contributed by atoms with Gasteiger partial charge < -0.3 is 19.5 Å². The molecule has 1 heterocycles. The maximum Gasteiger partial charge on any atom is 0.309 e. The Bertz CT molecular complexity index is 1000. The number of carbonyl (C=O) groups is 2. The Labute approximate surface area is 210 Å². The van der Waals surface area contributed by atoms with Crippen LogP contribution in [0.5, 0.6) is 0 Å². The number of aliphatic hydroxyl groups excluding tert-OH is 1. The SMILES string of the molecule is CC[C@@H](CO)N1C(=O)[C@@H](CC(=O)OC(C)(C)C)O[C@H](c2cccc(Cl)c2)[C@H]1c1ccc(Cl)cc1. The number of morpholine rings is 1. The van der Waals surface area contributed by atoms with Crippen LogP contribution in [0, 0.1) is 0 Å². The fraction of sp³-hybridized carbons (Fsp3) is 0.462. The lowest BCUT2D eigenvalue weighted by atomic mass is 9.89. The second-order valence-corrected chi connectivity index (χ2v) is 10.3. The molecule has 1 aliphatic rings. The van der Waals surface area contributed by atoms with E-state index in [1.807, 2.05) is 31.2 Å². The van der Waals surface area contributed by atoms with E-state index in [-0.39, 0.29) is 18.9 Å². The molecule has 6 nitrogen and oxygen atoms in total. The zero-order valence-electron chi connectivity index (χ0n) is 19.8. The summed E-state index contributed by atoms with van der Waals surface area (Å²) in [5.74, 6) is -0.900. The molecule has 0 aliphatic carbocycles. The third kappa shape index (κ3) is 6.30. The maximum atomic E-state index is 13.7. The second-order valence-electron chi connectivity index (χ2n) is 9.38. The van der Waals surface area contributed by atoms with Crippen molar-refractivity contribution < 1.29 is 24.2 Å². The molecule has 1 fully saturated rings. The molecule has 0 radical (unpaired) electrons. The normalized spacial score (nSPS) is 21.9. The summed E-state index contributed by atoms with van der Waals surface area (Å²) in [7, 11) is 0. The molecule has 0 aromatic heterocycles. The first-order chi connectivity index (χ1) is 16.0. The maximum absolute atomic E-state index is 13.7. The van der Waals surface area contributed by atoms with Crippen molar-refractivity contribution in [2.24, 2.45) is 0 Å². The average Bonchev–Trinajstić information content (AvgIpc) is 2.76. The molecule has 8 heteroatoms. The van der Waals surface area contributed by atoms with Gasteiger partial charge in [0.2, 0.25) is 0 Å². The zero-order chi connectivity index (χ0) is 25.0. The van der Waals surface area contributed by atoms with Crippen LogP contribution in [0.4, 0.5) is 0 Å². The summed E-state index contributed by atoms with van der Waals surface area (Å²) in [6.45, 7) is 6.98. The van der Waals surface area contributed by atoms with Crippen molar-refractivity contribution in [3.63, 3.8) is 0 Å². The number of nitrogens with zero attached hydrogens (tertiary/aromatic N) is 1. The average molecular weight is 508 g/mol. The Morgan fingerprint density at radius 2 is 1.79 bits per heavy atom. The minimum atomic E-state index is -1.07. The van der Waals surface area contributed by atoms with Crippen molar-refractivity contribution in [3.8, 4) is 0 Å². The molecular weight excluding hydrogens is 477 g/mol. The van der Waals surface area contributed by atoms with Crippen molar-refractivity contribution in [3.05, 3.63) is 69.7 Å². The summed E-state index contributed by atoms with van der Waals surface area (Å²) < 4.78 is 11.8. The summed E-state index contributed by atoms with van der Waals surface area (Å²) in [5.41, 5.74) is 0.862. The van der Waals surface area contributed by atoms with E-state index in [1.165, 1.54) is 0 Å². The highest BCUT2D eigenvalue weighted by Gasteiger charge is 2.47. The number of ether oxygens (including phenoxy) is 2. The summed E-state index contributed by atoms with van der Waals surface area (Å²) >= 11 is 12.4. The van der Waals surface area contributed by atoms with E-state index in [0.717, 1.165) is 11.1 Å². The smallest absolute Gasteiger partial charge is 0.309 e. The summed E-state index contributed by atoms with van der Waals surface area (Å²) in [4.78, 5) is 28.0. The highest BCUT2D eigenvalue weighted by molar-refractivity contribution is 6.30. The van der Waals surface area contributed by atoms with E-state index in [9.17, 15) is 14.7 Å². The van der Waals surface area contributed by atoms with Crippen molar-refractivity contribution in [1.82, 2.24) is 4.90 Å². The number of carbonyl (C=O) groups excluding carboxylic acids is 2. The highest BCUT2D eigenvalue weighted by Crippen LogP contribution is 2.44. The van der Waals surface area contributed by atoms with E-state index in [1.54, 1.807) is 49.9 Å². The lowest BCUT2D eigenvalue weighted by Crippen LogP contribution is -2.56. The molecule has 34 heavy (non-hydrogen) atoms. The van der Waals surface area contributed by atoms with Crippen LogP contribution < -0.4 is 0 Å². The van der Waals surface area contributed by atoms with E-state index in [0.29, 0.717) is 16.5 Å². The number of aliphatic hydroxyl groups is 1. The van der Waals surface area contributed by atoms with Crippen LogP contribution in [-0.4, -0.2) is 46.2 Å². The van der Waals surface area contributed by atoms with Crippen molar-refractivity contribution in [2.75, 3.05) is 6.61 Å². The number of hydrogen-bond acceptors (Lipinski definition) is 5. The first-order valence-electron chi connectivity index (χ1n) is 11.3. The minimum Gasteiger partial charge on any atom is -0.460 e. The summed E-state index contributed by atoms with van der Waals surface area (Å²) in [6, 6.07) is 13.4. The van der Waals surface area contributed by atoms with Crippen molar-refractivity contribution >= 4 is 35.1 Å². The molecule has 2 aromatic carbocycles. The zero-order valence-corrected chi connectivity index (χ0v) is 21.3. The molecule has 0 spiro atoms. The van der Waals surface area contributed by atoms with Crippen LogP contribution in [-0.2, 0) is 19.1 Å². The van der Waals surface area contributed by atoms with Crippen LogP contribution in [0.15, 0.2) is 48.5 Å². The summed E-state index contributed by atoms with van der Waals surface area (Å²) in [5, 5.41) is 11.2. The predicted octanol–water partition coefficient (Wildman–Crippen LogP) is 5.51. The van der Waals surface area contributed by atoms with Gasteiger partial charge in [0, 0.05) is 10.0 Å². The van der Waals surface area contributed by atoms with Gasteiger partial charge in [-0.25, -0.2) is 0 Å². The number of benzene rings is 2. The summed E-state index contributed by atoms with van der Waals surface area (Å²) in [6.07, 6.45) is -1.42. The monoisotopic (exact) mass is 507 g/mol. The molecule has 1 N–H and O–H groups in total. The van der Waals surface area contributed by atoms with E-state index >= 15 is 0 Å². The minimum absolute atomic E-state index is 0.228. The van der Waals surface area contributed by atoms with Crippen LogP contribution in [0.3, 0.4) is 0 Å². The third-order valence-electron chi connectivity index (χ3n) is 5.66. The Balaban J connectivity index is 2.09. The van der Waals surface area contributed by atoms with Crippen LogP contribution in [0.25, 0.3) is 0 Å². The first kappa shape index (κ1) is 26.5. The lowest BCUT2D eigenvalue weighted by Gasteiger charge is -2.47. The van der Waals surface area contributed by atoms with E-state index in [4.69, 9.17) is 32.7 Å². The molecule has 4 atom stereocenters. The Hall–Kier alpha value is -2.12. The fourth-order valence-corrected chi connectivity index (χ4v) is 4.51. The third-order valence-corrected chi connectivity index (χ3v) is 6.15. The highest BCUT2D eigenvalue weighted by atomic mass is 35.5. The molecule has 3 rings (SSSR count). The topological polar surface area (TPSA) is 76.1 Å². The molecule has 0 saturated carbocycles. The van der Waals surface area contributed by atoms with Gasteiger partial charge in [0.15, 0.2) is 0 Å². The number of amides is 1. The van der Waals surface area contributed by atoms with Gasteiger partial charge in [-0.05, 0) is 62.6 Å². The van der Waals surface area contributed by atoms with E-state index < -0.39 is 35.9 Å². The van der Waals surface area contributed by atoms with E-state index in [2.05, 4.69) is 0 Å². The second kappa shape index (κ2) is 11.1. The molecule has 1 amide bonds. The van der Waals surface area contributed by atoms with Crippen molar-refractivity contribution in [1.29, 1.82) is 0 Å². The number of halogens is 2. The molecular formula is C26H31Cl2NO5. The van der Waals surface area contributed by atoms with Crippen LogP contribution in [0.1, 0.15) is 63.8 Å². The van der Waals surface area contributed by atoms with Gasteiger partial charge in [-0.2, -0.15) is 0 Å². The predicted molar refractivity (Wildman–Crippen MR) is 132 cm³/mol. The molecule has 1 aliphatic heterocycles. The molecule has 0 unspecified atom stereocenters. The number of hydrogen-bond donors (Lipinski definition) is 1. The lowest BCUT2D eigenvalue weighted by molar-refractivity contribution is -0.188. The Kier molecular flexibility index (Phi) is 8.63.